The number of nitrogens with zero attached hydrogens (tertiary/aromatic N) is 1. The minimum atomic E-state index is 0.247. The molecule has 1 N–H and O–H groups in total. The van der Waals surface area contributed by atoms with Crippen molar-refractivity contribution in [3.63, 3.8) is 0 Å². The summed E-state index contributed by atoms with van der Waals surface area (Å²) in [5, 5.41) is 5.80. The zero-order chi connectivity index (χ0) is 14.5. The monoisotopic (exact) mass is 300 g/mol. The van der Waals surface area contributed by atoms with Crippen molar-refractivity contribution in [2.45, 2.75) is 11.3 Å². The fraction of sp³-hybridized carbons (Fsp3) is 0.353. The van der Waals surface area contributed by atoms with Gasteiger partial charge in [-0.3, -0.25) is 4.79 Å². The van der Waals surface area contributed by atoms with Gasteiger partial charge in [-0.15, -0.1) is 11.8 Å². The van der Waals surface area contributed by atoms with Gasteiger partial charge >= 0.3 is 0 Å². The fourth-order valence-electron chi connectivity index (χ4n) is 2.59. The predicted molar refractivity (Wildman–Crippen MR) is 88.7 cm³/mol. The second-order valence-corrected chi connectivity index (χ2v) is 6.33. The van der Waals surface area contributed by atoms with E-state index >= 15 is 0 Å². The Kier molecular flexibility index (Phi) is 4.78. The molecule has 1 saturated heterocycles. The predicted octanol–water partition coefficient (Wildman–Crippen LogP) is 2.75. The molecule has 1 aliphatic heterocycles. The van der Waals surface area contributed by atoms with Crippen LogP contribution in [0.3, 0.4) is 0 Å². The Morgan fingerprint density at radius 3 is 2.86 bits per heavy atom. The first-order chi connectivity index (χ1) is 10.3. The average molecular weight is 300 g/mol. The average Bonchev–Trinajstić information content (AvgIpc) is 2.81. The van der Waals surface area contributed by atoms with Gasteiger partial charge in [0.1, 0.15) is 0 Å². The highest BCUT2D eigenvalue weighted by atomic mass is 32.2. The highest BCUT2D eigenvalue weighted by molar-refractivity contribution is 8.00. The lowest BCUT2D eigenvalue weighted by Crippen LogP contribution is -2.35. The minimum absolute atomic E-state index is 0.247. The molecule has 0 aromatic heterocycles. The summed E-state index contributed by atoms with van der Waals surface area (Å²) in [6.45, 7) is 3.63. The molecule has 1 fully saturated rings. The van der Waals surface area contributed by atoms with Gasteiger partial charge in [0.2, 0.25) is 5.91 Å². The van der Waals surface area contributed by atoms with E-state index in [1.165, 1.54) is 10.8 Å². The van der Waals surface area contributed by atoms with Gasteiger partial charge in [0.25, 0.3) is 0 Å². The summed E-state index contributed by atoms with van der Waals surface area (Å²) in [7, 11) is 0. The van der Waals surface area contributed by atoms with Crippen LogP contribution in [0.5, 0.6) is 0 Å². The molecule has 3 nitrogen and oxygen atoms in total. The van der Waals surface area contributed by atoms with Crippen LogP contribution in [0.1, 0.15) is 6.42 Å². The first-order valence-corrected chi connectivity index (χ1v) is 8.41. The Morgan fingerprint density at radius 2 is 1.95 bits per heavy atom. The molecule has 0 bridgehead atoms. The number of fused-ring (bicyclic) bond motifs is 1. The zero-order valence-electron chi connectivity index (χ0n) is 12.0. The van der Waals surface area contributed by atoms with Gasteiger partial charge in [0.15, 0.2) is 0 Å². The molecule has 0 unspecified atom stereocenters. The van der Waals surface area contributed by atoms with E-state index in [1.54, 1.807) is 11.8 Å². The van der Waals surface area contributed by atoms with Gasteiger partial charge in [-0.05, 0) is 35.9 Å². The van der Waals surface area contributed by atoms with Crippen LogP contribution < -0.4 is 5.32 Å². The molecule has 4 heteroatoms. The van der Waals surface area contributed by atoms with Crippen molar-refractivity contribution in [2.75, 3.05) is 31.9 Å². The van der Waals surface area contributed by atoms with E-state index < -0.39 is 0 Å². The maximum Gasteiger partial charge on any atom is 0.232 e. The number of thioether (sulfide) groups is 1. The number of hydrogen-bond acceptors (Lipinski definition) is 3. The maximum atomic E-state index is 12.3. The van der Waals surface area contributed by atoms with Gasteiger partial charge in [0, 0.05) is 24.5 Å². The summed E-state index contributed by atoms with van der Waals surface area (Å²) in [4.78, 5) is 15.4. The topological polar surface area (TPSA) is 32.3 Å². The Morgan fingerprint density at radius 1 is 1.10 bits per heavy atom. The largest absolute Gasteiger partial charge is 0.341 e. The fourth-order valence-corrected chi connectivity index (χ4v) is 3.44. The third-order valence-corrected chi connectivity index (χ3v) is 4.75. The summed E-state index contributed by atoms with van der Waals surface area (Å²) in [6.07, 6.45) is 1.05. The zero-order valence-corrected chi connectivity index (χ0v) is 12.9. The number of benzene rings is 2. The number of carbonyl (C=O) groups is 1. The SMILES string of the molecule is O=C(CSc1ccc2ccccc2c1)N1CCCNCC1. The van der Waals surface area contributed by atoms with Crippen molar-refractivity contribution in [2.24, 2.45) is 0 Å². The van der Waals surface area contributed by atoms with E-state index in [1.807, 2.05) is 17.0 Å². The number of amides is 1. The summed E-state index contributed by atoms with van der Waals surface area (Å²) >= 11 is 1.63. The molecule has 110 valence electrons. The molecule has 0 saturated carbocycles. The first-order valence-electron chi connectivity index (χ1n) is 7.43. The molecule has 2 aromatic rings. The van der Waals surface area contributed by atoms with E-state index in [9.17, 15) is 4.79 Å². The molecule has 0 spiro atoms. The summed E-state index contributed by atoms with van der Waals surface area (Å²) in [6, 6.07) is 14.7. The van der Waals surface area contributed by atoms with Gasteiger partial charge in [-0.1, -0.05) is 30.3 Å². The van der Waals surface area contributed by atoms with Crippen LogP contribution in [-0.2, 0) is 4.79 Å². The van der Waals surface area contributed by atoms with Crippen LogP contribution in [0.2, 0.25) is 0 Å². The van der Waals surface area contributed by atoms with E-state index in [4.69, 9.17) is 0 Å². The normalized spacial score (nSPS) is 15.9. The summed E-state index contributed by atoms with van der Waals surface area (Å²) in [5.74, 6) is 0.773. The van der Waals surface area contributed by atoms with Crippen LogP contribution >= 0.6 is 11.8 Å². The van der Waals surface area contributed by atoms with Crippen molar-refractivity contribution >= 4 is 28.4 Å². The third kappa shape index (κ3) is 3.77. The van der Waals surface area contributed by atoms with Gasteiger partial charge < -0.3 is 10.2 Å². The van der Waals surface area contributed by atoms with Crippen LogP contribution in [0, 0.1) is 0 Å². The molecular weight excluding hydrogens is 280 g/mol. The molecule has 1 aliphatic rings. The molecule has 3 rings (SSSR count). The third-order valence-electron chi connectivity index (χ3n) is 3.78. The molecular formula is C17H20N2OS. The lowest BCUT2D eigenvalue weighted by atomic mass is 10.1. The lowest BCUT2D eigenvalue weighted by molar-refractivity contribution is -0.128. The minimum Gasteiger partial charge on any atom is -0.341 e. The molecule has 0 radical (unpaired) electrons. The standard InChI is InChI=1S/C17H20N2OS/c20-17(19-10-3-8-18-9-11-19)13-21-16-7-6-14-4-1-2-5-15(14)12-16/h1-2,4-7,12,18H,3,8-11,13H2. The number of nitrogens with one attached hydrogen (secondary N) is 1. The summed E-state index contributed by atoms with van der Waals surface area (Å²) in [5.41, 5.74) is 0. The molecule has 0 aliphatic carbocycles. The molecule has 1 heterocycles. The Bertz CT molecular complexity index is 621. The van der Waals surface area contributed by atoms with Crippen LogP contribution in [-0.4, -0.2) is 42.7 Å². The van der Waals surface area contributed by atoms with Crippen molar-refractivity contribution in [1.29, 1.82) is 0 Å². The van der Waals surface area contributed by atoms with E-state index in [2.05, 4.69) is 35.6 Å². The quantitative estimate of drug-likeness (QED) is 0.885. The summed E-state index contributed by atoms with van der Waals surface area (Å²) < 4.78 is 0. The Balaban J connectivity index is 1.61. The highest BCUT2D eigenvalue weighted by Gasteiger charge is 2.15. The molecule has 21 heavy (non-hydrogen) atoms. The van der Waals surface area contributed by atoms with Crippen molar-refractivity contribution in [3.8, 4) is 0 Å². The first kappa shape index (κ1) is 14.4. The number of rotatable bonds is 3. The van der Waals surface area contributed by atoms with E-state index in [0.717, 1.165) is 37.5 Å². The Hall–Kier alpha value is -1.52. The maximum absolute atomic E-state index is 12.3. The molecule has 2 aromatic carbocycles. The smallest absolute Gasteiger partial charge is 0.232 e. The number of carbonyl (C=O) groups excluding carboxylic acids is 1. The number of hydrogen-bond donors (Lipinski definition) is 1. The lowest BCUT2D eigenvalue weighted by Gasteiger charge is -2.19. The Labute approximate surface area is 129 Å². The van der Waals surface area contributed by atoms with Crippen molar-refractivity contribution in [3.05, 3.63) is 42.5 Å². The van der Waals surface area contributed by atoms with E-state index in [-0.39, 0.29) is 5.91 Å². The van der Waals surface area contributed by atoms with Gasteiger partial charge in [-0.2, -0.15) is 0 Å². The van der Waals surface area contributed by atoms with Crippen LogP contribution in [0.4, 0.5) is 0 Å². The van der Waals surface area contributed by atoms with Crippen molar-refractivity contribution < 1.29 is 4.79 Å². The van der Waals surface area contributed by atoms with Gasteiger partial charge in [0.05, 0.1) is 5.75 Å². The van der Waals surface area contributed by atoms with Crippen LogP contribution in [0.25, 0.3) is 10.8 Å². The highest BCUT2D eigenvalue weighted by Crippen LogP contribution is 2.23. The second kappa shape index (κ2) is 6.96. The van der Waals surface area contributed by atoms with Crippen LogP contribution in [0.15, 0.2) is 47.4 Å². The van der Waals surface area contributed by atoms with Gasteiger partial charge in [-0.25, -0.2) is 0 Å². The molecule has 0 atom stereocenters. The van der Waals surface area contributed by atoms with Crippen molar-refractivity contribution in [1.82, 2.24) is 10.2 Å². The second-order valence-electron chi connectivity index (χ2n) is 5.28. The van der Waals surface area contributed by atoms with E-state index in [0.29, 0.717) is 5.75 Å². The molecule has 1 amide bonds.